The number of nitrogens with one attached hydrogen (secondary N) is 1. The quantitative estimate of drug-likeness (QED) is 0.491. The van der Waals surface area contributed by atoms with Crippen molar-refractivity contribution in [1.82, 2.24) is 9.62 Å². The fourth-order valence-electron chi connectivity index (χ4n) is 3.72. The molecular formula is C23H31N3O6S2. The molecule has 1 N–H and O–H groups in total. The third-order valence-electron chi connectivity index (χ3n) is 5.75. The van der Waals surface area contributed by atoms with Gasteiger partial charge >= 0.3 is 0 Å². The maximum absolute atomic E-state index is 12.6. The third-order valence-corrected chi connectivity index (χ3v) is 8.79. The van der Waals surface area contributed by atoms with E-state index in [1.165, 1.54) is 16.4 Å². The maximum Gasteiger partial charge on any atom is 0.243 e. The minimum absolute atomic E-state index is 0.145. The number of hydrogen-bond acceptors (Lipinski definition) is 6. The highest BCUT2D eigenvalue weighted by atomic mass is 32.2. The Labute approximate surface area is 201 Å². The summed E-state index contributed by atoms with van der Waals surface area (Å²) in [5.41, 5.74) is 2.19. The second kappa shape index (κ2) is 10.7. The highest BCUT2D eigenvalue weighted by molar-refractivity contribution is 7.92. The molecule has 186 valence electrons. The first kappa shape index (κ1) is 26.0. The van der Waals surface area contributed by atoms with Gasteiger partial charge in [-0.05, 0) is 68.1 Å². The van der Waals surface area contributed by atoms with Gasteiger partial charge in [0.15, 0.2) is 0 Å². The number of carbonyl (C=O) groups excluding carboxylic acids is 1. The number of amides is 1. The van der Waals surface area contributed by atoms with Crippen LogP contribution >= 0.6 is 0 Å². The van der Waals surface area contributed by atoms with Crippen molar-refractivity contribution < 1.29 is 26.4 Å². The molecule has 0 radical (unpaired) electrons. The molecule has 0 aliphatic carbocycles. The van der Waals surface area contributed by atoms with Gasteiger partial charge in [0.05, 0.1) is 23.4 Å². The highest BCUT2D eigenvalue weighted by Crippen LogP contribution is 2.25. The van der Waals surface area contributed by atoms with Crippen LogP contribution in [0.4, 0.5) is 5.69 Å². The molecule has 3 rings (SSSR count). The van der Waals surface area contributed by atoms with Crippen molar-refractivity contribution in [1.29, 1.82) is 0 Å². The normalized spacial score (nSPS) is 14.7. The van der Waals surface area contributed by atoms with E-state index in [1.54, 1.807) is 24.3 Å². The number of rotatable bonds is 10. The van der Waals surface area contributed by atoms with Crippen LogP contribution in [0.25, 0.3) is 0 Å². The van der Waals surface area contributed by atoms with Crippen LogP contribution in [-0.4, -0.2) is 66.1 Å². The van der Waals surface area contributed by atoms with Crippen molar-refractivity contribution in [2.75, 3.05) is 43.3 Å². The van der Waals surface area contributed by atoms with E-state index in [2.05, 4.69) is 5.32 Å². The smallest absolute Gasteiger partial charge is 0.243 e. The van der Waals surface area contributed by atoms with E-state index in [0.29, 0.717) is 24.5 Å². The summed E-state index contributed by atoms with van der Waals surface area (Å²) in [5, 5.41) is 2.66. The highest BCUT2D eigenvalue weighted by Gasteiger charge is 2.27. The molecule has 0 aromatic heterocycles. The van der Waals surface area contributed by atoms with Gasteiger partial charge in [-0.25, -0.2) is 16.8 Å². The van der Waals surface area contributed by atoms with E-state index >= 15 is 0 Å². The summed E-state index contributed by atoms with van der Waals surface area (Å²) in [6.45, 7) is 4.75. The van der Waals surface area contributed by atoms with Gasteiger partial charge in [0.2, 0.25) is 26.0 Å². The van der Waals surface area contributed by atoms with E-state index in [9.17, 15) is 21.6 Å². The molecule has 0 bridgehead atoms. The van der Waals surface area contributed by atoms with Crippen LogP contribution in [0.5, 0.6) is 5.75 Å². The summed E-state index contributed by atoms with van der Waals surface area (Å²) in [7, 11) is -7.14. The van der Waals surface area contributed by atoms with Crippen molar-refractivity contribution in [2.45, 2.75) is 31.6 Å². The average Bonchev–Trinajstić information content (AvgIpc) is 3.33. The predicted octanol–water partition coefficient (Wildman–Crippen LogP) is 2.05. The van der Waals surface area contributed by atoms with Crippen molar-refractivity contribution in [3.8, 4) is 5.75 Å². The predicted molar refractivity (Wildman–Crippen MR) is 131 cm³/mol. The Morgan fingerprint density at radius 1 is 1.03 bits per heavy atom. The molecule has 0 spiro atoms. The fourth-order valence-corrected chi connectivity index (χ4v) is 6.14. The molecule has 1 aliphatic rings. The van der Waals surface area contributed by atoms with Gasteiger partial charge < -0.3 is 10.1 Å². The van der Waals surface area contributed by atoms with Crippen molar-refractivity contribution in [2.24, 2.45) is 0 Å². The molecule has 1 fully saturated rings. The molecule has 1 amide bonds. The van der Waals surface area contributed by atoms with E-state index in [-0.39, 0.29) is 24.6 Å². The van der Waals surface area contributed by atoms with E-state index in [0.717, 1.165) is 34.5 Å². The van der Waals surface area contributed by atoms with Crippen LogP contribution in [0.3, 0.4) is 0 Å². The van der Waals surface area contributed by atoms with Crippen LogP contribution in [0, 0.1) is 13.8 Å². The zero-order chi connectivity index (χ0) is 24.9. The lowest BCUT2D eigenvalue weighted by atomic mass is 10.1. The largest absolute Gasteiger partial charge is 0.492 e. The molecule has 2 aromatic rings. The minimum atomic E-state index is -3.66. The van der Waals surface area contributed by atoms with Gasteiger partial charge in [-0.15, -0.1) is 0 Å². The molecule has 0 saturated carbocycles. The number of sulfonamides is 2. The van der Waals surface area contributed by atoms with Gasteiger partial charge in [-0.1, -0.05) is 12.1 Å². The average molecular weight is 510 g/mol. The first-order chi connectivity index (χ1) is 16.0. The lowest BCUT2D eigenvalue weighted by Crippen LogP contribution is -2.41. The first-order valence-electron chi connectivity index (χ1n) is 11.0. The Morgan fingerprint density at radius 3 is 2.29 bits per heavy atom. The molecule has 0 atom stereocenters. The molecule has 1 saturated heterocycles. The molecule has 1 aliphatic heterocycles. The zero-order valence-corrected chi connectivity index (χ0v) is 21.3. The first-order valence-corrected chi connectivity index (χ1v) is 14.3. The van der Waals surface area contributed by atoms with Gasteiger partial charge in [-0.2, -0.15) is 4.31 Å². The van der Waals surface area contributed by atoms with Crippen molar-refractivity contribution >= 4 is 31.6 Å². The fraction of sp³-hybridized carbons (Fsp3) is 0.435. The van der Waals surface area contributed by atoms with Crippen LogP contribution in [-0.2, 0) is 24.8 Å². The summed E-state index contributed by atoms with van der Waals surface area (Å²) in [4.78, 5) is 12.6. The van der Waals surface area contributed by atoms with Gasteiger partial charge in [0.1, 0.15) is 18.9 Å². The third kappa shape index (κ3) is 6.28. The molecular weight excluding hydrogens is 478 g/mol. The Bertz CT molecular complexity index is 1220. The number of carbonyl (C=O) groups is 1. The molecule has 11 heteroatoms. The summed E-state index contributed by atoms with van der Waals surface area (Å²) in [6.07, 6.45) is 2.82. The SMILES string of the molecule is Cc1cccc(N(CC(=O)NCCOc2ccc(S(=O)(=O)N3CCCC3)cc2)S(C)(=O)=O)c1C. The van der Waals surface area contributed by atoms with Crippen LogP contribution in [0.2, 0.25) is 0 Å². The number of anilines is 1. The standard InChI is InChI=1S/C23H31N3O6S2/c1-18-7-6-8-22(19(18)2)26(33(3,28)29)17-23(27)24-13-16-32-20-9-11-21(12-10-20)34(30,31)25-14-4-5-15-25/h6-12H,4-5,13-17H2,1-3H3,(H,24,27). The molecule has 1 heterocycles. The summed E-state index contributed by atoms with van der Waals surface area (Å²) < 4.78 is 57.9. The molecule has 9 nitrogen and oxygen atoms in total. The Balaban J connectivity index is 1.52. The Kier molecular flexibility index (Phi) is 8.21. The van der Waals surface area contributed by atoms with Crippen molar-refractivity contribution in [3.05, 3.63) is 53.6 Å². The number of ether oxygens (including phenoxy) is 1. The monoisotopic (exact) mass is 509 g/mol. The van der Waals surface area contributed by atoms with Crippen LogP contribution < -0.4 is 14.4 Å². The van der Waals surface area contributed by atoms with E-state index in [1.807, 2.05) is 19.9 Å². The summed E-state index contributed by atoms with van der Waals surface area (Å²) >= 11 is 0. The van der Waals surface area contributed by atoms with E-state index < -0.39 is 26.0 Å². The lowest BCUT2D eigenvalue weighted by molar-refractivity contribution is -0.119. The van der Waals surface area contributed by atoms with E-state index in [4.69, 9.17) is 4.74 Å². The molecule has 0 unspecified atom stereocenters. The lowest BCUT2D eigenvalue weighted by Gasteiger charge is -2.24. The Morgan fingerprint density at radius 2 is 1.68 bits per heavy atom. The number of nitrogens with zero attached hydrogens (tertiary/aromatic N) is 2. The molecule has 34 heavy (non-hydrogen) atoms. The minimum Gasteiger partial charge on any atom is -0.492 e. The van der Waals surface area contributed by atoms with Gasteiger partial charge in [0.25, 0.3) is 0 Å². The maximum atomic E-state index is 12.6. The van der Waals surface area contributed by atoms with Gasteiger partial charge in [0, 0.05) is 13.1 Å². The van der Waals surface area contributed by atoms with Crippen LogP contribution in [0.1, 0.15) is 24.0 Å². The second-order valence-electron chi connectivity index (χ2n) is 8.27. The Hall–Kier alpha value is -2.63. The number of benzene rings is 2. The summed E-state index contributed by atoms with van der Waals surface area (Å²) in [6, 6.07) is 11.5. The zero-order valence-electron chi connectivity index (χ0n) is 19.7. The second-order valence-corrected chi connectivity index (χ2v) is 12.1. The summed E-state index contributed by atoms with van der Waals surface area (Å²) in [5.74, 6) is 0.0183. The van der Waals surface area contributed by atoms with Crippen molar-refractivity contribution in [3.63, 3.8) is 0 Å². The number of aryl methyl sites for hydroxylation is 1. The number of hydrogen-bond donors (Lipinski definition) is 1. The van der Waals surface area contributed by atoms with Crippen LogP contribution in [0.15, 0.2) is 47.4 Å². The van der Waals surface area contributed by atoms with Gasteiger partial charge in [-0.3, -0.25) is 9.10 Å². The molecule has 2 aromatic carbocycles. The topological polar surface area (TPSA) is 113 Å².